The predicted molar refractivity (Wildman–Crippen MR) is 88.5 cm³/mol. The summed E-state index contributed by atoms with van der Waals surface area (Å²) in [5.74, 6) is -0.0415. The van der Waals surface area contributed by atoms with Gasteiger partial charge in [-0.2, -0.15) is 0 Å². The summed E-state index contributed by atoms with van der Waals surface area (Å²) >= 11 is 5.94. The van der Waals surface area contributed by atoms with Crippen molar-refractivity contribution < 1.29 is 14.0 Å². The van der Waals surface area contributed by atoms with Gasteiger partial charge in [-0.25, -0.2) is 0 Å². The van der Waals surface area contributed by atoms with Crippen molar-refractivity contribution in [1.82, 2.24) is 10.6 Å². The van der Waals surface area contributed by atoms with Crippen molar-refractivity contribution in [3.05, 3.63) is 58.5 Å². The van der Waals surface area contributed by atoms with E-state index in [0.29, 0.717) is 22.8 Å². The molecule has 0 aliphatic carbocycles. The van der Waals surface area contributed by atoms with Crippen molar-refractivity contribution in [1.29, 1.82) is 0 Å². The van der Waals surface area contributed by atoms with Gasteiger partial charge in [0.1, 0.15) is 5.76 Å². The first-order valence-corrected chi connectivity index (χ1v) is 7.69. The molecule has 0 bridgehead atoms. The van der Waals surface area contributed by atoms with E-state index in [4.69, 9.17) is 16.0 Å². The number of carbonyl (C=O) groups is 2. The van der Waals surface area contributed by atoms with Gasteiger partial charge in [0.15, 0.2) is 0 Å². The van der Waals surface area contributed by atoms with E-state index < -0.39 is 0 Å². The Kier molecular flexibility index (Phi) is 5.82. The molecule has 2 aromatic rings. The molecule has 0 fully saturated rings. The molecule has 23 heavy (non-hydrogen) atoms. The Hall–Kier alpha value is -2.27. The average Bonchev–Trinajstić information content (AvgIpc) is 2.91. The van der Waals surface area contributed by atoms with E-state index in [-0.39, 0.29) is 24.4 Å². The van der Waals surface area contributed by atoms with E-state index in [1.807, 2.05) is 31.2 Å². The molecule has 0 saturated carbocycles. The number of furan rings is 1. The van der Waals surface area contributed by atoms with Crippen LogP contribution in [0, 0.1) is 6.92 Å². The van der Waals surface area contributed by atoms with Crippen LogP contribution in [0.15, 0.2) is 41.0 Å². The molecule has 0 aliphatic rings. The lowest BCUT2D eigenvalue weighted by molar-refractivity contribution is -0.120. The molecule has 6 heteroatoms. The summed E-state index contributed by atoms with van der Waals surface area (Å²) in [7, 11) is 0. The zero-order valence-electron chi connectivity index (χ0n) is 13.1. The molecule has 0 aliphatic heterocycles. The largest absolute Gasteiger partial charge is 0.469 e. The number of aryl methyl sites for hydroxylation is 1. The van der Waals surface area contributed by atoms with Crippen LogP contribution in [-0.2, 0) is 11.2 Å². The highest BCUT2D eigenvalue weighted by Crippen LogP contribution is 2.12. The Labute approximate surface area is 140 Å². The number of halogens is 1. The number of rotatable bonds is 6. The van der Waals surface area contributed by atoms with Crippen LogP contribution in [0.2, 0.25) is 5.02 Å². The molecule has 2 rings (SSSR count). The second-order valence-electron chi connectivity index (χ2n) is 5.38. The van der Waals surface area contributed by atoms with E-state index in [1.54, 1.807) is 13.0 Å². The van der Waals surface area contributed by atoms with Crippen molar-refractivity contribution in [2.24, 2.45) is 0 Å². The summed E-state index contributed by atoms with van der Waals surface area (Å²) < 4.78 is 5.06. The molecule has 1 aromatic heterocycles. The first kappa shape index (κ1) is 17.1. The molecule has 2 amide bonds. The van der Waals surface area contributed by atoms with E-state index in [2.05, 4.69) is 10.6 Å². The summed E-state index contributed by atoms with van der Waals surface area (Å²) in [4.78, 5) is 23.8. The van der Waals surface area contributed by atoms with Crippen LogP contribution in [-0.4, -0.2) is 24.4 Å². The minimum Gasteiger partial charge on any atom is -0.469 e. The predicted octanol–water partition coefficient (Wildman–Crippen LogP) is 2.72. The van der Waals surface area contributed by atoms with Gasteiger partial charge >= 0.3 is 0 Å². The summed E-state index contributed by atoms with van der Waals surface area (Å²) in [6.45, 7) is 3.52. The number of hydrogen-bond donors (Lipinski definition) is 2. The smallest absolute Gasteiger partial charge is 0.255 e. The first-order chi connectivity index (χ1) is 11.0. The lowest BCUT2D eigenvalue weighted by Crippen LogP contribution is -2.41. The fraction of sp³-hybridized carbons (Fsp3) is 0.294. The molecule has 2 N–H and O–H groups in total. The molecule has 0 unspecified atom stereocenters. The number of hydrogen-bond acceptors (Lipinski definition) is 3. The average molecular weight is 335 g/mol. The Morgan fingerprint density at radius 2 is 2.09 bits per heavy atom. The Balaban J connectivity index is 1.78. The summed E-state index contributed by atoms with van der Waals surface area (Å²) in [5.41, 5.74) is 1.48. The van der Waals surface area contributed by atoms with Gasteiger partial charge in [0.25, 0.3) is 5.91 Å². The quantitative estimate of drug-likeness (QED) is 0.853. The molecule has 1 atom stereocenters. The number of carbonyl (C=O) groups excluding carboxylic acids is 2. The number of amides is 2. The van der Waals surface area contributed by atoms with E-state index in [1.165, 1.54) is 6.26 Å². The summed E-state index contributed by atoms with van der Waals surface area (Å²) in [5, 5.41) is 6.08. The molecule has 122 valence electrons. The fourth-order valence-electron chi connectivity index (χ4n) is 2.27. The van der Waals surface area contributed by atoms with Gasteiger partial charge in [-0.1, -0.05) is 23.7 Å². The van der Waals surface area contributed by atoms with Crippen molar-refractivity contribution in [3.63, 3.8) is 0 Å². The van der Waals surface area contributed by atoms with Gasteiger partial charge in [0, 0.05) is 11.1 Å². The van der Waals surface area contributed by atoms with Crippen LogP contribution < -0.4 is 10.6 Å². The molecule has 5 nitrogen and oxygen atoms in total. The van der Waals surface area contributed by atoms with Crippen molar-refractivity contribution in [2.45, 2.75) is 26.3 Å². The number of nitrogens with one attached hydrogen (secondary N) is 2. The molecule has 0 spiro atoms. The van der Waals surface area contributed by atoms with Gasteiger partial charge < -0.3 is 15.1 Å². The van der Waals surface area contributed by atoms with Crippen LogP contribution in [0.1, 0.15) is 28.6 Å². The Morgan fingerprint density at radius 3 is 2.74 bits per heavy atom. The fourth-order valence-corrected chi connectivity index (χ4v) is 2.48. The second kappa shape index (κ2) is 7.83. The van der Waals surface area contributed by atoms with Crippen molar-refractivity contribution in [2.75, 3.05) is 6.54 Å². The normalized spacial score (nSPS) is 11.8. The molecule has 1 heterocycles. The highest BCUT2D eigenvalue weighted by atomic mass is 35.5. The van der Waals surface area contributed by atoms with Crippen molar-refractivity contribution >= 4 is 23.4 Å². The summed E-state index contributed by atoms with van der Waals surface area (Å²) in [6, 6.07) is 9.02. The third-order valence-corrected chi connectivity index (χ3v) is 3.59. The van der Waals surface area contributed by atoms with Crippen LogP contribution in [0.5, 0.6) is 0 Å². The zero-order chi connectivity index (χ0) is 16.8. The highest BCUT2D eigenvalue weighted by molar-refractivity contribution is 6.30. The molecule has 1 aromatic carbocycles. The van der Waals surface area contributed by atoms with Gasteiger partial charge in [0.2, 0.25) is 5.91 Å². The molecule has 0 radical (unpaired) electrons. The van der Waals surface area contributed by atoms with E-state index in [9.17, 15) is 9.59 Å². The second-order valence-corrected chi connectivity index (χ2v) is 5.81. The third-order valence-electron chi connectivity index (χ3n) is 3.35. The van der Waals surface area contributed by atoms with Crippen molar-refractivity contribution in [3.8, 4) is 0 Å². The van der Waals surface area contributed by atoms with Gasteiger partial charge in [-0.15, -0.1) is 0 Å². The molecular weight excluding hydrogens is 316 g/mol. The van der Waals surface area contributed by atoms with E-state index >= 15 is 0 Å². The maximum absolute atomic E-state index is 11.9. The maximum Gasteiger partial charge on any atom is 0.255 e. The topological polar surface area (TPSA) is 71.3 Å². The lowest BCUT2D eigenvalue weighted by Gasteiger charge is -2.14. The Morgan fingerprint density at radius 1 is 1.30 bits per heavy atom. The lowest BCUT2D eigenvalue weighted by atomic mass is 10.1. The number of benzene rings is 1. The van der Waals surface area contributed by atoms with Crippen LogP contribution >= 0.6 is 11.6 Å². The minimum atomic E-state index is -0.325. The Bertz CT molecular complexity index is 697. The van der Waals surface area contributed by atoms with E-state index in [0.717, 1.165) is 5.56 Å². The van der Waals surface area contributed by atoms with Gasteiger partial charge in [-0.3, -0.25) is 9.59 Å². The minimum absolute atomic E-state index is 0.0615. The van der Waals surface area contributed by atoms with Gasteiger partial charge in [0.05, 0.1) is 18.4 Å². The zero-order valence-corrected chi connectivity index (χ0v) is 13.8. The molecular formula is C17H19ClN2O3. The standard InChI is InChI=1S/C17H19ClN2O3/c1-11(8-13-4-3-5-14(18)9-13)20-16(21)10-19-17(22)15-6-7-23-12(15)2/h3-7,9,11H,8,10H2,1-2H3,(H,19,22)(H,20,21)/t11-/m1/s1. The molecule has 0 saturated heterocycles. The monoisotopic (exact) mass is 334 g/mol. The third kappa shape index (κ3) is 5.14. The maximum atomic E-state index is 11.9. The van der Waals surface area contributed by atoms with Crippen LogP contribution in [0.4, 0.5) is 0 Å². The van der Waals surface area contributed by atoms with Gasteiger partial charge in [-0.05, 0) is 44.0 Å². The summed E-state index contributed by atoms with van der Waals surface area (Å²) in [6.07, 6.45) is 2.11. The SMILES string of the molecule is Cc1occc1C(=O)NCC(=O)N[C@H](C)Cc1cccc(Cl)c1. The first-order valence-electron chi connectivity index (χ1n) is 7.32. The van der Waals surface area contributed by atoms with Crippen LogP contribution in [0.3, 0.4) is 0 Å². The highest BCUT2D eigenvalue weighted by Gasteiger charge is 2.13. The van der Waals surface area contributed by atoms with Crippen LogP contribution in [0.25, 0.3) is 0 Å².